The molecule has 11 atom stereocenters. The second-order valence-electron chi connectivity index (χ2n) is 20.0. The zero-order valence-electron chi connectivity index (χ0n) is 40.0. The molecule has 4 fully saturated rings. The summed E-state index contributed by atoms with van der Waals surface area (Å²) in [5, 5.41) is 36.2. The molecule has 12 N–H and O–H groups in total. The van der Waals surface area contributed by atoms with Gasteiger partial charge in [-0.25, -0.2) is 0 Å². The van der Waals surface area contributed by atoms with Crippen molar-refractivity contribution in [3.63, 3.8) is 0 Å². The minimum absolute atomic E-state index is 0.0321. The topological polar surface area (TPSA) is 277 Å². The number of ether oxygens (including phenoxy) is 3. The van der Waals surface area contributed by atoms with E-state index in [4.69, 9.17) is 41.6 Å². The third-order valence-electron chi connectivity index (χ3n) is 15.9. The summed E-state index contributed by atoms with van der Waals surface area (Å²) in [6.07, 6.45) is 12.6. The number of nitrogens with two attached hydrogens (primary N) is 3. The molecular formula is C47H88N8O10. The molecule has 1 amide bonds. The van der Waals surface area contributed by atoms with Crippen LogP contribution in [0.1, 0.15) is 97.8 Å². The number of fused-ring (bicyclic) bond motifs is 5. The van der Waals surface area contributed by atoms with Crippen LogP contribution in [0.2, 0.25) is 0 Å². The predicted octanol–water partition coefficient (Wildman–Crippen LogP) is 1.64. The Kier molecular flexibility index (Phi) is 23.8. The van der Waals surface area contributed by atoms with Crippen LogP contribution in [0.3, 0.4) is 0 Å². The summed E-state index contributed by atoms with van der Waals surface area (Å²) < 4.78 is 20.3. The number of carbonyl (C=O) groups excluding carboxylic acids is 1. The van der Waals surface area contributed by atoms with Gasteiger partial charge in [0.2, 0.25) is 5.91 Å². The van der Waals surface area contributed by atoms with E-state index in [0.717, 1.165) is 83.7 Å². The van der Waals surface area contributed by atoms with Gasteiger partial charge in [-0.2, -0.15) is 0 Å². The molecule has 65 heavy (non-hydrogen) atoms. The summed E-state index contributed by atoms with van der Waals surface area (Å²) in [6.45, 7) is 13.4. The molecule has 18 nitrogen and oxygen atoms in total. The second kappa shape index (κ2) is 28.1. The van der Waals surface area contributed by atoms with Crippen molar-refractivity contribution in [3.8, 4) is 0 Å². The normalized spacial score (nSPS) is 30.2. The Bertz CT molecular complexity index is 1450. The Hall–Kier alpha value is -2.52. The van der Waals surface area contributed by atoms with E-state index >= 15 is 0 Å². The van der Waals surface area contributed by atoms with Crippen molar-refractivity contribution in [1.82, 2.24) is 25.8 Å². The molecule has 0 aromatic carbocycles. The summed E-state index contributed by atoms with van der Waals surface area (Å²) in [5.74, 6) is -0.336. The highest BCUT2D eigenvalue weighted by atomic mass is 16.5. The minimum Gasteiger partial charge on any atom is -0.480 e. The number of carboxylic acid groups (broad SMARTS) is 3. The molecule has 4 rings (SSSR count). The molecule has 4 aliphatic rings. The molecule has 18 heteroatoms. The van der Waals surface area contributed by atoms with Crippen LogP contribution in [-0.4, -0.2) is 179 Å². The first-order valence-corrected chi connectivity index (χ1v) is 24.9. The summed E-state index contributed by atoms with van der Waals surface area (Å²) in [4.78, 5) is 50.5. The standard InChI is InChI=1S/C47H88N8O10/c1-33(8-4-16-53-41(56)31-54(19-17-51-29-42(57)58)21-22-55(32-44(61)62)20-18-52-30-43(59)60)36-9-10-37-45-38(28-40(47(36,37)3)65-25-7-15-50)46(2)12-11-35(63-23-5-13-48)26-34(46)27-39(45)64-24-6-14-49/h33-40,45,51-52H,4-32,48-50H2,1-3H3,(H,53,56)(H,57,58)(H,59,60)(H,61,62)/t33?,34?,35-,36?,37+,38+,39-,40+,45?,46+,47-/m1/s1. The van der Waals surface area contributed by atoms with Gasteiger partial charge in [0, 0.05) is 71.0 Å². The molecule has 0 aliphatic heterocycles. The molecular weight excluding hydrogens is 837 g/mol. The van der Waals surface area contributed by atoms with Crippen LogP contribution < -0.4 is 33.2 Å². The van der Waals surface area contributed by atoms with E-state index in [2.05, 4.69) is 36.7 Å². The van der Waals surface area contributed by atoms with Crippen LogP contribution in [0.15, 0.2) is 0 Å². The Morgan fingerprint density at radius 2 is 1.29 bits per heavy atom. The fourth-order valence-electron chi connectivity index (χ4n) is 12.6. The maximum atomic E-state index is 13.4. The molecule has 4 saturated carbocycles. The molecule has 0 heterocycles. The summed E-state index contributed by atoms with van der Waals surface area (Å²) in [7, 11) is 0. The highest BCUT2D eigenvalue weighted by Crippen LogP contribution is 2.69. The Morgan fingerprint density at radius 3 is 1.89 bits per heavy atom. The van der Waals surface area contributed by atoms with Gasteiger partial charge in [0.15, 0.2) is 0 Å². The lowest BCUT2D eigenvalue weighted by atomic mass is 9.43. The Labute approximate surface area is 388 Å². The zero-order valence-corrected chi connectivity index (χ0v) is 40.0. The van der Waals surface area contributed by atoms with Crippen LogP contribution in [-0.2, 0) is 33.4 Å². The van der Waals surface area contributed by atoms with Crippen molar-refractivity contribution in [2.75, 3.05) is 111 Å². The molecule has 0 radical (unpaired) electrons. The van der Waals surface area contributed by atoms with Crippen molar-refractivity contribution in [1.29, 1.82) is 0 Å². The van der Waals surface area contributed by atoms with Gasteiger partial charge in [0.05, 0.1) is 44.5 Å². The molecule has 0 bridgehead atoms. The van der Waals surface area contributed by atoms with E-state index in [9.17, 15) is 24.3 Å². The minimum atomic E-state index is -1.01. The maximum Gasteiger partial charge on any atom is 0.317 e. The van der Waals surface area contributed by atoms with Crippen LogP contribution in [0.4, 0.5) is 0 Å². The van der Waals surface area contributed by atoms with E-state index in [1.165, 1.54) is 0 Å². The van der Waals surface area contributed by atoms with E-state index in [0.29, 0.717) is 114 Å². The third kappa shape index (κ3) is 16.3. The second-order valence-corrected chi connectivity index (χ2v) is 20.0. The predicted molar refractivity (Wildman–Crippen MR) is 249 cm³/mol. The van der Waals surface area contributed by atoms with E-state index in [1.807, 2.05) is 4.90 Å². The van der Waals surface area contributed by atoms with Crippen molar-refractivity contribution in [2.24, 2.45) is 63.5 Å². The van der Waals surface area contributed by atoms with Gasteiger partial charge in [-0.05, 0) is 138 Å². The summed E-state index contributed by atoms with van der Waals surface area (Å²) in [5.41, 5.74) is 18.0. The number of amides is 1. The Balaban J connectivity index is 1.40. The van der Waals surface area contributed by atoms with Gasteiger partial charge in [0.1, 0.15) is 0 Å². The first-order chi connectivity index (χ1) is 31.2. The van der Waals surface area contributed by atoms with Crippen LogP contribution in [0.25, 0.3) is 0 Å². The lowest BCUT2D eigenvalue weighted by Gasteiger charge is -2.65. The van der Waals surface area contributed by atoms with Gasteiger partial charge in [-0.15, -0.1) is 0 Å². The molecule has 4 unspecified atom stereocenters. The highest BCUT2D eigenvalue weighted by molar-refractivity contribution is 5.78. The SMILES string of the molecule is CC(CCCNC(=O)CN(CCNCC(=O)O)CCN(CCNCC(=O)O)CC(=O)O)C1CC[C@H]2C3[C@H](OCCCN)CC4C[C@H](OCCCN)CC[C@]4(C)[C@H]3C[C@H](OCCCN)[C@]12C. The number of hydrogen-bond acceptors (Lipinski definition) is 14. The third-order valence-corrected chi connectivity index (χ3v) is 15.9. The van der Waals surface area contributed by atoms with Gasteiger partial charge < -0.3 is 62.7 Å². The number of hydrogen-bond donors (Lipinski definition) is 9. The number of aliphatic carboxylic acids is 3. The smallest absolute Gasteiger partial charge is 0.317 e. The molecule has 376 valence electrons. The lowest BCUT2D eigenvalue weighted by Crippen LogP contribution is -2.63. The molecule has 0 aromatic rings. The fraction of sp³-hybridized carbons (Fsp3) is 0.915. The average Bonchev–Trinajstić information content (AvgIpc) is 3.62. The molecule has 0 spiro atoms. The van der Waals surface area contributed by atoms with Crippen molar-refractivity contribution in [3.05, 3.63) is 0 Å². The van der Waals surface area contributed by atoms with Gasteiger partial charge >= 0.3 is 17.9 Å². The van der Waals surface area contributed by atoms with Gasteiger partial charge in [0.25, 0.3) is 0 Å². The monoisotopic (exact) mass is 925 g/mol. The first-order valence-electron chi connectivity index (χ1n) is 24.9. The molecule has 0 aromatic heterocycles. The zero-order chi connectivity index (χ0) is 47.4. The quantitative estimate of drug-likeness (QED) is 0.0415. The number of carboxylic acids is 3. The van der Waals surface area contributed by atoms with E-state index in [-0.39, 0.29) is 61.2 Å². The summed E-state index contributed by atoms with van der Waals surface area (Å²) >= 11 is 0. The maximum absolute atomic E-state index is 13.4. The number of nitrogens with zero attached hydrogens (tertiary/aromatic N) is 2. The largest absolute Gasteiger partial charge is 0.480 e. The molecule has 0 saturated heterocycles. The van der Waals surface area contributed by atoms with Crippen molar-refractivity contribution < 1.29 is 48.7 Å². The fourth-order valence-corrected chi connectivity index (χ4v) is 12.6. The van der Waals surface area contributed by atoms with Gasteiger partial charge in [-0.1, -0.05) is 20.8 Å². The van der Waals surface area contributed by atoms with Crippen molar-refractivity contribution >= 4 is 23.8 Å². The van der Waals surface area contributed by atoms with Crippen LogP contribution in [0, 0.1) is 46.3 Å². The number of carbonyl (C=O) groups is 4. The van der Waals surface area contributed by atoms with Crippen LogP contribution >= 0.6 is 0 Å². The van der Waals surface area contributed by atoms with Crippen LogP contribution in [0.5, 0.6) is 0 Å². The van der Waals surface area contributed by atoms with Crippen molar-refractivity contribution in [2.45, 2.75) is 116 Å². The van der Waals surface area contributed by atoms with Gasteiger partial charge in [-0.3, -0.25) is 29.0 Å². The Morgan fingerprint density at radius 1 is 0.692 bits per heavy atom. The highest BCUT2D eigenvalue weighted by Gasteiger charge is 2.66. The molecule has 4 aliphatic carbocycles. The summed E-state index contributed by atoms with van der Waals surface area (Å²) in [6, 6.07) is 0. The van der Waals surface area contributed by atoms with E-state index < -0.39 is 17.9 Å². The number of rotatable bonds is 34. The lowest BCUT2D eigenvalue weighted by molar-refractivity contribution is -0.227. The first kappa shape index (κ1) is 55.1. The average molecular weight is 925 g/mol. The van der Waals surface area contributed by atoms with E-state index in [1.54, 1.807) is 4.90 Å². The number of nitrogens with one attached hydrogen (secondary N) is 3.